The van der Waals surface area contributed by atoms with Gasteiger partial charge in [-0.2, -0.15) is 0 Å². The summed E-state index contributed by atoms with van der Waals surface area (Å²) in [5, 5.41) is 17.5. The van der Waals surface area contributed by atoms with Crippen molar-refractivity contribution in [1.82, 2.24) is 0 Å². The van der Waals surface area contributed by atoms with Gasteiger partial charge < -0.3 is 20.5 Å². The van der Waals surface area contributed by atoms with E-state index >= 15 is 4.39 Å². The van der Waals surface area contributed by atoms with Gasteiger partial charge in [-0.15, -0.1) is 0 Å². The summed E-state index contributed by atoms with van der Waals surface area (Å²) in [6.07, 6.45) is 2.85. The number of rotatable bonds is 8. The number of anilines is 2. The van der Waals surface area contributed by atoms with E-state index in [1.54, 1.807) is 18.2 Å². The lowest BCUT2D eigenvalue weighted by molar-refractivity contribution is 0.294. The summed E-state index contributed by atoms with van der Waals surface area (Å²) in [5.74, 6) is 0.330. The van der Waals surface area contributed by atoms with Gasteiger partial charge in [0.1, 0.15) is 29.6 Å². The van der Waals surface area contributed by atoms with E-state index in [0.717, 1.165) is 41.8 Å². The first-order chi connectivity index (χ1) is 16.8. The van der Waals surface area contributed by atoms with E-state index in [4.69, 9.17) is 4.74 Å². The first kappa shape index (κ1) is 24.6. The van der Waals surface area contributed by atoms with E-state index in [2.05, 4.69) is 31.4 Å². The van der Waals surface area contributed by atoms with Gasteiger partial charge in [-0.05, 0) is 48.1 Å². The molecule has 4 rings (SSSR count). The van der Waals surface area contributed by atoms with Crippen molar-refractivity contribution in [3.8, 4) is 11.5 Å². The van der Waals surface area contributed by atoms with Gasteiger partial charge in [-0.1, -0.05) is 76.1 Å². The second kappa shape index (κ2) is 10.4. The van der Waals surface area contributed by atoms with Gasteiger partial charge in [-0.25, -0.2) is 4.39 Å². The average Bonchev–Trinajstić information content (AvgIpc) is 3.00. The molecule has 1 heterocycles. The molecule has 0 amide bonds. The normalized spacial score (nSPS) is 15.6. The Bertz CT molecular complexity index is 1200. The summed E-state index contributed by atoms with van der Waals surface area (Å²) in [6, 6.07) is 19.9. The molecule has 1 atom stereocenters. The van der Waals surface area contributed by atoms with Crippen LogP contribution in [0.25, 0.3) is 0 Å². The molecule has 5 heteroatoms. The second-order valence-electron chi connectivity index (χ2n) is 9.72. The monoisotopic (exact) mass is 474 g/mol. The van der Waals surface area contributed by atoms with E-state index in [1.165, 1.54) is 6.07 Å². The second-order valence-corrected chi connectivity index (χ2v) is 9.72. The molecular formula is C30H35FN2O2. The first-order valence-electron chi connectivity index (χ1n) is 12.3. The van der Waals surface area contributed by atoms with Crippen molar-refractivity contribution in [2.45, 2.75) is 59.6 Å². The van der Waals surface area contributed by atoms with Crippen LogP contribution in [-0.2, 0) is 6.61 Å². The first-order valence-corrected chi connectivity index (χ1v) is 12.3. The van der Waals surface area contributed by atoms with Crippen molar-refractivity contribution in [2.75, 3.05) is 10.6 Å². The van der Waals surface area contributed by atoms with Gasteiger partial charge in [0.2, 0.25) is 0 Å². The van der Waals surface area contributed by atoms with Gasteiger partial charge in [0.15, 0.2) is 0 Å². The number of ether oxygens (including phenoxy) is 1. The number of para-hydroxylation sites is 1. The Morgan fingerprint density at radius 3 is 2.43 bits per heavy atom. The number of halogens is 1. The number of fused-ring (bicyclic) bond motifs is 1. The predicted octanol–water partition coefficient (Wildman–Crippen LogP) is 8.18. The fraction of sp³-hybridized carbons (Fsp3) is 0.333. The van der Waals surface area contributed by atoms with Crippen LogP contribution in [-0.4, -0.2) is 5.11 Å². The number of aromatic hydroxyl groups is 1. The molecule has 0 radical (unpaired) electrons. The van der Waals surface area contributed by atoms with Gasteiger partial charge in [0.25, 0.3) is 0 Å². The Kier molecular flexibility index (Phi) is 7.34. The highest BCUT2D eigenvalue weighted by atomic mass is 19.1. The fourth-order valence-electron chi connectivity index (χ4n) is 4.47. The third-order valence-electron chi connectivity index (χ3n) is 7.37. The SMILES string of the molecule is CCC(C)(CC)CC1=C(C)C(c2ccc(OCc3ccccc3)cc2F)Nc2cccc(O)c2N1. The number of phenolic OH excluding ortho intramolecular Hbond substituents is 1. The highest BCUT2D eigenvalue weighted by molar-refractivity contribution is 5.79. The zero-order valence-electron chi connectivity index (χ0n) is 21.0. The number of hydrogen-bond donors (Lipinski definition) is 3. The number of hydrogen-bond acceptors (Lipinski definition) is 4. The summed E-state index contributed by atoms with van der Waals surface area (Å²) >= 11 is 0. The molecule has 0 aromatic heterocycles. The lowest BCUT2D eigenvalue weighted by atomic mass is 9.79. The largest absolute Gasteiger partial charge is 0.506 e. The third-order valence-corrected chi connectivity index (χ3v) is 7.37. The van der Waals surface area contributed by atoms with E-state index in [0.29, 0.717) is 23.6 Å². The van der Waals surface area contributed by atoms with Crippen LogP contribution in [0.3, 0.4) is 0 Å². The standard InChI is InChI=1S/C30H35FN2O2/c1-5-30(4,6-2)18-26-20(3)28(32-25-13-10-14-27(34)29(25)33-26)23-16-15-22(17-24(23)31)35-19-21-11-8-7-9-12-21/h7-17,28,32-34H,5-6,18-19H2,1-4H3. The summed E-state index contributed by atoms with van der Waals surface area (Å²) in [6.45, 7) is 9.09. The van der Waals surface area contributed by atoms with Crippen LogP contribution in [0.5, 0.6) is 11.5 Å². The van der Waals surface area contributed by atoms with Crippen molar-refractivity contribution in [3.63, 3.8) is 0 Å². The zero-order valence-corrected chi connectivity index (χ0v) is 21.0. The molecule has 3 aromatic rings. The van der Waals surface area contributed by atoms with E-state index in [-0.39, 0.29) is 23.0 Å². The Hall–Kier alpha value is -3.47. The summed E-state index contributed by atoms with van der Waals surface area (Å²) in [7, 11) is 0. The summed E-state index contributed by atoms with van der Waals surface area (Å²) in [4.78, 5) is 0. The number of benzene rings is 3. The molecule has 0 bridgehead atoms. The molecule has 3 N–H and O–H groups in total. The lowest BCUT2D eigenvalue weighted by Crippen LogP contribution is -2.20. The summed E-state index contributed by atoms with van der Waals surface area (Å²) < 4.78 is 21.3. The highest BCUT2D eigenvalue weighted by Crippen LogP contribution is 2.44. The highest BCUT2D eigenvalue weighted by Gasteiger charge is 2.30. The molecule has 1 unspecified atom stereocenters. The van der Waals surface area contributed by atoms with Gasteiger partial charge in [0, 0.05) is 17.3 Å². The summed E-state index contributed by atoms with van der Waals surface area (Å²) in [5.41, 5.74) is 5.05. The number of nitrogens with one attached hydrogen (secondary N) is 2. The minimum atomic E-state index is -0.387. The molecule has 0 saturated carbocycles. The maximum absolute atomic E-state index is 15.5. The van der Waals surface area contributed by atoms with Crippen LogP contribution >= 0.6 is 0 Å². The van der Waals surface area contributed by atoms with Crippen molar-refractivity contribution in [3.05, 3.63) is 94.9 Å². The molecule has 0 aliphatic carbocycles. The van der Waals surface area contributed by atoms with Crippen molar-refractivity contribution in [1.29, 1.82) is 0 Å². The van der Waals surface area contributed by atoms with Crippen LogP contribution in [0.2, 0.25) is 0 Å². The molecule has 3 aromatic carbocycles. The molecule has 35 heavy (non-hydrogen) atoms. The topological polar surface area (TPSA) is 53.5 Å². The third kappa shape index (κ3) is 5.45. The van der Waals surface area contributed by atoms with Crippen LogP contribution in [0.4, 0.5) is 15.8 Å². The Labute approximate surface area is 207 Å². The van der Waals surface area contributed by atoms with Crippen LogP contribution in [0, 0.1) is 11.2 Å². The van der Waals surface area contributed by atoms with E-state index in [1.807, 2.05) is 49.4 Å². The van der Waals surface area contributed by atoms with Crippen LogP contribution in [0.1, 0.15) is 64.1 Å². The fourth-order valence-corrected chi connectivity index (χ4v) is 4.47. The van der Waals surface area contributed by atoms with Gasteiger partial charge >= 0.3 is 0 Å². The predicted molar refractivity (Wildman–Crippen MR) is 141 cm³/mol. The molecule has 1 aliphatic heterocycles. The van der Waals surface area contributed by atoms with Crippen LogP contribution < -0.4 is 15.4 Å². The zero-order chi connectivity index (χ0) is 25.0. The maximum atomic E-state index is 15.5. The van der Waals surface area contributed by atoms with E-state index in [9.17, 15) is 5.11 Å². The van der Waals surface area contributed by atoms with Gasteiger partial charge in [-0.3, -0.25) is 0 Å². The van der Waals surface area contributed by atoms with Crippen LogP contribution in [0.15, 0.2) is 78.0 Å². The van der Waals surface area contributed by atoms with Crippen molar-refractivity contribution in [2.24, 2.45) is 5.41 Å². The molecule has 0 fully saturated rings. The minimum Gasteiger partial charge on any atom is -0.506 e. The van der Waals surface area contributed by atoms with Gasteiger partial charge in [0.05, 0.1) is 11.7 Å². The number of phenols is 1. The molecule has 0 spiro atoms. The maximum Gasteiger partial charge on any atom is 0.141 e. The molecule has 1 aliphatic rings. The molecule has 4 nitrogen and oxygen atoms in total. The quantitative estimate of drug-likeness (QED) is 0.288. The molecular weight excluding hydrogens is 439 g/mol. The Morgan fingerprint density at radius 1 is 1.00 bits per heavy atom. The Morgan fingerprint density at radius 2 is 1.74 bits per heavy atom. The van der Waals surface area contributed by atoms with Crippen molar-refractivity contribution < 1.29 is 14.2 Å². The van der Waals surface area contributed by atoms with E-state index < -0.39 is 0 Å². The minimum absolute atomic E-state index is 0.0940. The number of allylic oxidation sites excluding steroid dienone is 1. The average molecular weight is 475 g/mol. The van der Waals surface area contributed by atoms with Crippen molar-refractivity contribution >= 4 is 11.4 Å². The molecule has 184 valence electrons. The Balaban J connectivity index is 1.68. The lowest BCUT2D eigenvalue weighted by Gasteiger charge is -2.30. The molecule has 0 saturated heterocycles. The smallest absolute Gasteiger partial charge is 0.141 e.